The second kappa shape index (κ2) is 9.18. The largest absolute Gasteiger partial charge is 0.469 e. The molecule has 1 aromatic heterocycles. The molecule has 0 aliphatic carbocycles. The Balaban J connectivity index is 0.00000280. The van der Waals surface area contributed by atoms with E-state index in [1.54, 1.807) is 17.2 Å². The molecule has 2 aromatic rings. The van der Waals surface area contributed by atoms with Gasteiger partial charge in [0.25, 0.3) is 0 Å². The van der Waals surface area contributed by atoms with E-state index >= 15 is 0 Å². The van der Waals surface area contributed by atoms with Gasteiger partial charge in [-0.3, -0.25) is 15.2 Å². The lowest BCUT2D eigenvalue weighted by atomic mass is 10.0. The first kappa shape index (κ1) is 21.2. The summed E-state index contributed by atoms with van der Waals surface area (Å²) in [6, 6.07) is 11.0. The number of carbonyl (C=O) groups excluding carboxylic acids is 2. The molecule has 4 N–H and O–H groups in total. The molecule has 0 saturated carbocycles. The van der Waals surface area contributed by atoms with E-state index in [0.717, 1.165) is 16.8 Å². The Hall–Kier alpha value is -3.13. The lowest BCUT2D eigenvalue weighted by Gasteiger charge is -2.23. The normalized spacial score (nSPS) is 15.5. The van der Waals surface area contributed by atoms with Gasteiger partial charge in [0.2, 0.25) is 0 Å². The zero-order chi connectivity index (χ0) is 19.4. The highest BCUT2D eigenvalue weighted by molar-refractivity contribution is 5.94. The number of nitrogens with one attached hydrogen (secondary N) is 2. The van der Waals surface area contributed by atoms with Gasteiger partial charge in [0.15, 0.2) is 0 Å². The van der Waals surface area contributed by atoms with Gasteiger partial charge in [-0.25, -0.2) is 4.79 Å². The van der Waals surface area contributed by atoms with Crippen LogP contribution in [0.4, 0.5) is 4.79 Å². The smallest absolute Gasteiger partial charge is 0.318 e. The lowest BCUT2D eigenvalue weighted by Crippen LogP contribution is -2.32. The van der Waals surface area contributed by atoms with Crippen LogP contribution in [0, 0.1) is 5.41 Å². The van der Waals surface area contributed by atoms with Crippen molar-refractivity contribution in [2.45, 2.75) is 12.5 Å². The zero-order valence-electron chi connectivity index (χ0n) is 15.3. The molecule has 0 bridgehead atoms. The number of amides is 2. The molecule has 1 aliphatic heterocycles. The number of aromatic nitrogens is 1. The first-order valence-corrected chi connectivity index (χ1v) is 8.51. The highest BCUT2D eigenvalue weighted by Gasteiger charge is 2.31. The second-order valence-electron chi connectivity index (χ2n) is 6.19. The molecular formula is C19H22ClN5O3. The summed E-state index contributed by atoms with van der Waals surface area (Å²) in [5.74, 6) is -0.362. The summed E-state index contributed by atoms with van der Waals surface area (Å²) in [6.07, 6.45) is 1.73. The summed E-state index contributed by atoms with van der Waals surface area (Å²) in [5.41, 5.74) is 8.69. The molecule has 8 nitrogen and oxygen atoms in total. The van der Waals surface area contributed by atoms with E-state index in [0.29, 0.717) is 18.7 Å². The Bertz CT molecular complexity index is 855. The van der Waals surface area contributed by atoms with Crippen LogP contribution in [0.2, 0.25) is 0 Å². The molecule has 1 unspecified atom stereocenters. The molecule has 1 saturated heterocycles. The van der Waals surface area contributed by atoms with Gasteiger partial charge in [-0.1, -0.05) is 24.3 Å². The predicted octanol–water partition coefficient (Wildman–Crippen LogP) is 2.08. The molecule has 2 amide bonds. The fourth-order valence-electron chi connectivity index (χ4n) is 3.01. The van der Waals surface area contributed by atoms with Crippen molar-refractivity contribution in [1.82, 2.24) is 15.2 Å². The number of hydrogen-bond donors (Lipinski definition) is 3. The minimum Gasteiger partial charge on any atom is -0.469 e. The molecule has 2 heterocycles. The third-order valence-electron chi connectivity index (χ3n) is 4.53. The van der Waals surface area contributed by atoms with Crippen LogP contribution >= 0.6 is 12.4 Å². The van der Waals surface area contributed by atoms with Crippen LogP contribution in [0.15, 0.2) is 42.6 Å². The van der Waals surface area contributed by atoms with E-state index in [1.807, 2.05) is 30.3 Å². The fraction of sp³-hybridized carbons (Fsp3) is 0.263. The molecule has 0 spiro atoms. The maximum atomic E-state index is 12.1. The summed E-state index contributed by atoms with van der Waals surface area (Å²) in [4.78, 5) is 29.4. The molecule has 148 valence electrons. The van der Waals surface area contributed by atoms with Crippen molar-refractivity contribution in [3.05, 3.63) is 53.7 Å². The van der Waals surface area contributed by atoms with Crippen LogP contribution in [0.5, 0.6) is 0 Å². The molecule has 0 radical (unpaired) electrons. The topological polar surface area (TPSA) is 121 Å². The van der Waals surface area contributed by atoms with Crippen molar-refractivity contribution in [3.63, 3.8) is 0 Å². The minimum atomic E-state index is -0.344. The van der Waals surface area contributed by atoms with Crippen molar-refractivity contribution in [3.8, 4) is 11.3 Å². The summed E-state index contributed by atoms with van der Waals surface area (Å²) in [6.45, 7) is 0.796. The number of pyridine rings is 1. The third kappa shape index (κ3) is 4.58. The van der Waals surface area contributed by atoms with Gasteiger partial charge < -0.3 is 20.7 Å². The van der Waals surface area contributed by atoms with E-state index in [2.05, 4.69) is 15.0 Å². The van der Waals surface area contributed by atoms with E-state index in [4.69, 9.17) is 11.1 Å². The molecule has 1 aliphatic rings. The number of ether oxygens (including phenoxy) is 1. The minimum absolute atomic E-state index is 0. The van der Waals surface area contributed by atoms with Crippen LogP contribution in [-0.2, 0) is 9.53 Å². The Morgan fingerprint density at radius 1 is 1.32 bits per heavy atom. The van der Waals surface area contributed by atoms with Crippen LogP contribution in [-0.4, -0.2) is 47.9 Å². The van der Waals surface area contributed by atoms with E-state index < -0.39 is 0 Å². The van der Waals surface area contributed by atoms with E-state index in [-0.39, 0.29) is 42.7 Å². The lowest BCUT2D eigenvalue weighted by molar-refractivity contribution is -0.140. The number of nitrogen functional groups attached to an aromatic ring is 1. The standard InChI is InChI=1S/C19H21N5O3.ClH/c1-27-17(25)8-9-24-16(11-23-19(24)26)13-4-2-12(3-5-13)15-7-6-14(10-22-15)18(20)21;/h2-7,10,16H,8-9,11H2,1H3,(H3,20,21)(H,23,26);1H. The molecule has 1 fully saturated rings. The Morgan fingerprint density at radius 2 is 2.04 bits per heavy atom. The van der Waals surface area contributed by atoms with Crippen molar-refractivity contribution >= 4 is 30.2 Å². The number of carbonyl (C=O) groups is 2. The SMILES string of the molecule is COC(=O)CCN1C(=O)NCC1c1ccc(-c2ccc(C(=N)N)cn2)cc1.Cl. The van der Waals surface area contributed by atoms with Gasteiger partial charge in [0, 0.05) is 30.4 Å². The van der Waals surface area contributed by atoms with Gasteiger partial charge in [0.1, 0.15) is 5.84 Å². The number of esters is 1. The Morgan fingerprint density at radius 3 is 2.61 bits per heavy atom. The summed E-state index contributed by atoms with van der Waals surface area (Å²) >= 11 is 0. The number of halogens is 1. The Labute approximate surface area is 169 Å². The van der Waals surface area contributed by atoms with Crippen LogP contribution in [0.3, 0.4) is 0 Å². The monoisotopic (exact) mass is 403 g/mol. The highest BCUT2D eigenvalue weighted by Crippen LogP contribution is 2.27. The van der Waals surface area contributed by atoms with Crippen molar-refractivity contribution in [2.75, 3.05) is 20.2 Å². The van der Waals surface area contributed by atoms with Gasteiger partial charge in [0.05, 0.1) is 25.3 Å². The molecule has 9 heteroatoms. The predicted molar refractivity (Wildman–Crippen MR) is 107 cm³/mol. The van der Waals surface area contributed by atoms with Gasteiger partial charge in [-0.05, 0) is 17.7 Å². The first-order chi connectivity index (χ1) is 13.0. The number of nitrogens with two attached hydrogens (primary N) is 1. The second-order valence-corrected chi connectivity index (χ2v) is 6.19. The quantitative estimate of drug-likeness (QED) is 0.387. The van der Waals surface area contributed by atoms with Gasteiger partial charge in [-0.2, -0.15) is 0 Å². The molecule has 3 rings (SSSR count). The number of benzene rings is 1. The molecule has 1 atom stereocenters. The van der Waals surface area contributed by atoms with Crippen LogP contribution < -0.4 is 11.1 Å². The zero-order valence-corrected chi connectivity index (χ0v) is 16.2. The Kier molecular flexibility index (Phi) is 6.94. The van der Waals surface area contributed by atoms with E-state index in [9.17, 15) is 9.59 Å². The van der Waals surface area contributed by atoms with Crippen molar-refractivity contribution < 1.29 is 14.3 Å². The summed E-state index contributed by atoms with van der Waals surface area (Å²) in [5, 5.41) is 10.2. The maximum Gasteiger partial charge on any atom is 0.318 e. The van der Waals surface area contributed by atoms with Crippen molar-refractivity contribution in [1.29, 1.82) is 5.41 Å². The van der Waals surface area contributed by atoms with Crippen molar-refractivity contribution in [2.24, 2.45) is 5.73 Å². The molecular weight excluding hydrogens is 382 g/mol. The maximum absolute atomic E-state index is 12.1. The average Bonchev–Trinajstić information content (AvgIpc) is 3.06. The van der Waals surface area contributed by atoms with Gasteiger partial charge >= 0.3 is 12.0 Å². The summed E-state index contributed by atoms with van der Waals surface area (Å²) in [7, 11) is 1.33. The highest BCUT2D eigenvalue weighted by atomic mass is 35.5. The number of amidine groups is 1. The number of nitrogens with zero attached hydrogens (tertiary/aromatic N) is 2. The van der Waals surface area contributed by atoms with Crippen LogP contribution in [0.1, 0.15) is 23.6 Å². The number of methoxy groups -OCH3 is 1. The number of rotatable bonds is 6. The van der Waals surface area contributed by atoms with Crippen LogP contribution in [0.25, 0.3) is 11.3 Å². The first-order valence-electron chi connectivity index (χ1n) is 8.51. The van der Waals surface area contributed by atoms with E-state index in [1.165, 1.54) is 7.11 Å². The van der Waals surface area contributed by atoms with Gasteiger partial charge in [-0.15, -0.1) is 12.4 Å². The number of hydrogen-bond acceptors (Lipinski definition) is 5. The third-order valence-corrected chi connectivity index (χ3v) is 4.53. The molecule has 28 heavy (non-hydrogen) atoms. The fourth-order valence-corrected chi connectivity index (χ4v) is 3.01. The molecule has 1 aromatic carbocycles. The average molecular weight is 404 g/mol. The number of urea groups is 1. The summed E-state index contributed by atoms with van der Waals surface area (Å²) < 4.78 is 4.65.